The van der Waals surface area contributed by atoms with Crippen molar-refractivity contribution in [3.05, 3.63) is 54.1 Å². The van der Waals surface area contributed by atoms with E-state index in [0.29, 0.717) is 28.5 Å². The van der Waals surface area contributed by atoms with Crippen molar-refractivity contribution in [2.24, 2.45) is 0 Å². The summed E-state index contributed by atoms with van der Waals surface area (Å²) in [6, 6.07) is 14.7. The summed E-state index contributed by atoms with van der Waals surface area (Å²) >= 11 is 1.24. The molecule has 0 atom stereocenters. The number of para-hydroxylation sites is 1. The molecule has 140 valence electrons. The van der Waals surface area contributed by atoms with Gasteiger partial charge in [0.2, 0.25) is 11.1 Å². The highest BCUT2D eigenvalue weighted by atomic mass is 32.2. The Bertz CT molecular complexity index is 1170. The quantitative estimate of drug-likeness (QED) is 0.383. The molecule has 0 aliphatic heterocycles. The minimum Gasteiger partial charge on any atom is -0.338 e. The number of nitrogens with one attached hydrogen (secondary N) is 2. The summed E-state index contributed by atoms with van der Waals surface area (Å²) in [6.07, 6.45) is 0.409. The second-order valence-electron chi connectivity index (χ2n) is 6.15. The Labute approximate surface area is 165 Å². The molecule has 2 aromatic carbocycles. The number of carbonyl (C=O) groups is 2. The Morgan fingerprint density at radius 3 is 2.64 bits per heavy atom. The lowest BCUT2D eigenvalue weighted by molar-refractivity contribution is -0.115. The van der Waals surface area contributed by atoms with Crippen LogP contribution in [0.15, 0.2) is 53.7 Å². The Kier molecular flexibility index (Phi) is 5.03. The number of hydrogen-bond acceptors (Lipinski definition) is 6. The van der Waals surface area contributed by atoms with Crippen LogP contribution in [0.1, 0.15) is 23.7 Å². The molecule has 28 heavy (non-hydrogen) atoms. The zero-order chi connectivity index (χ0) is 19.5. The lowest BCUT2D eigenvalue weighted by atomic mass is 10.1. The number of aromatic nitrogens is 4. The van der Waals surface area contributed by atoms with Gasteiger partial charge in [0.15, 0.2) is 11.4 Å². The highest BCUT2D eigenvalue weighted by Gasteiger charge is 2.12. The average Bonchev–Trinajstić information content (AvgIpc) is 3.10. The van der Waals surface area contributed by atoms with Crippen LogP contribution in [-0.2, 0) is 4.79 Å². The molecule has 0 radical (unpaired) electrons. The van der Waals surface area contributed by atoms with E-state index >= 15 is 0 Å². The number of nitrogens with zero attached hydrogens (tertiary/aromatic N) is 3. The topological polar surface area (TPSA) is 101 Å². The van der Waals surface area contributed by atoms with Crippen LogP contribution < -0.4 is 5.32 Å². The fourth-order valence-corrected chi connectivity index (χ4v) is 3.45. The molecule has 0 saturated carbocycles. The Morgan fingerprint density at radius 2 is 1.86 bits per heavy atom. The molecule has 8 heteroatoms. The molecule has 0 saturated heterocycles. The predicted octanol–water partition coefficient (Wildman–Crippen LogP) is 3.83. The van der Waals surface area contributed by atoms with Gasteiger partial charge in [0.25, 0.3) is 0 Å². The van der Waals surface area contributed by atoms with Crippen molar-refractivity contribution in [3.8, 4) is 0 Å². The minimum atomic E-state index is -0.0633. The highest BCUT2D eigenvalue weighted by molar-refractivity contribution is 7.99. The summed E-state index contributed by atoms with van der Waals surface area (Å²) in [5.74, 6) is 0.0963. The van der Waals surface area contributed by atoms with Crippen LogP contribution in [-0.4, -0.2) is 37.6 Å². The normalized spacial score (nSPS) is 11.0. The van der Waals surface area contributed by atoms with Crippen molar-refractivity contribution in [1.82, 2.24) is 20.2 Å². The number of ketones is 1. The smallest absolute Gasteiger partial charge is 0.224 e. The number of carbonyl (C=O) groups excluding carboxylic acids is 2. The largest absolute Gasteiger partial charge is 0.338 e. The van der Waals surface area contributed by atoms with Crippen molar-refractivity contribution in [2.75, 3.05) is 11.1 Å². The van der Waals surface area contributed by atoms with E-state index in [0.717, 1.165) is 16.4 Å². The molecule has 0 aliphatic rings. The lowest BCUT2D eigenvalue weighted by Gasteiger charge is -2.05. The van der Waals surface area contributed by atoms with Gasteiger partial charge in [-0.15, -0.1) is 10.2 Å². The third kappa shape index (κ3) is 3.72. The fourth-order valence-electron chi connectivity index (χ4n) is 2.77. The van der Waals surface area contributed by atoms with Gasteiger partial charge in [0, 0.05) is 28.6 Å². The number of fused-ring (bicyclic) bond motifs is 3. The number of hydrogen-bond donors (Lipinski definition) is 2. The van der Waals surface area contributed by atoms with Crippen molar-refractivity contribution in [2.45, 2.75) is 18.5 Å². The van der Waals surface area contributed by atoms with Gasteiger partial charge in [-0.2, -0.15) is 0 Å². The van der Waals surface area contributed by atoms with Crippen LogP contribution in [0.25, 0.3) is 22.1 Å². The van der Waals surface area contributed by atoms with Gasteiger partial charge in [-0.05, 0) is 30.3 Å². The van der Waals surface area contributed by atoms with Crippen LogP contribution in [0.2, 0.25) is 0 Å². The number of benzene rings is 2. The molecule has 2 heterocycles. The maximum absolute atomic E-state index is 12.4. The van der Waals surface area contributed by atoms with E-state index in [-0.39, 0.29) is 17.4 Å². The third-order valence-electron chi connectivity index (χ3n) is 4.25. The first kappa shape index (κ1) is 18.1. The molecule has 1 amide bonds. The molecule has 0 aliphatic carbocycles. The lowest BCUT2D eigenvalue weighted by Crippen LogP contribution is -2.10. The van der Waals surface area contributed by atoms with Crippen molar-refractivity contribution >= 4 is 51.2 Å². The number of H-pyrrole nitrogens is 1. The van der Waals surface area contributed by atoms with E-state index in [1.807, 2.05) is 24.3 Å². The summed E-state index contributed by atoms with van der Waals surface area (Å²) in [5.41, 5.74) is 3.57. The van der Waals surface area contributed by atoms with E-state index in [1.165, 1.54) is 11.8 Å². The van der Waals surface area contributed by atoms with Crippen LogP contribution in [0.3, 0.4) is 0 Å². The van der Waals surface area contributed by atoms with E-state index in [4.69, 9.17) is 0 Å². The van der Waals surface area contributed by atoms with Crippen LogP contribution in [0.5, 0.6) is 0 Å². The molecule has 2 N–H and O–H groups in total. The molecule has 0 fully saturated rings. The Balaban J connectivity index is 1.44. The number of amides is 1. The maximum Gasteiger partial charge on any atom is 0.224 e. The SMILES string of the molecule is CCC(=O)Nc1ccc(C(=O)CSc2nnc3c(n2)[nH]c2ccccc23)cc1. The molecule has 2 aromatic heterocycles. The van der Waals surface area contributed by atoms with Crippen molar-refractivity contribution < 1.29 is 9.59 Å². The number of thioether (sulfide) groups is 1. The van der Waals surface area contributed by atoms with Gasteiger partial charge in [-0.1, -0.05) is 36.9 Å². The van der Waals surface area contributed by atoms with Gasteiger partial charge in [0.05, 0.1) is 5.75 Å². The molecular formula is C20H17N5O2S. The van der Waals surface area contributed by atoms with E-state index < -0.39 is 0 Å². The van der Waals surface area contributed by atoms with Gasteiger partial charge < -0.3 is 10.3 Å². The number of Topliss-reactive ketones (excluding diaryl/α,β-unsaturated/α-hetero) is 1. The number of anilines is 1. The van der Waals surface area contributed by atoms with Crippen LogP contribution >= 0.6 is 11.8 Å². The molecule has 4 rings (SSSR count). The molecular weight excluding hydrogens is 374 g/mol. The summed E-state index contributed by atoms with van der Waals surface area (Å²) in [4.78, 5) is 31.5. The monoisotopic (exact) mass is 391 g/mol. The molecule has 4 aromatic rings. The van der Waals surface area contributed by atoms with Crippen LogP contribution in [0.4, 0.5) is 5.69 Å². The summed E-state index contributed by atoms with van der Waals surface area (Å²) in [7, 11) is 0. The predicted molar refractivity (Wildman–Crippen MR) is 110 cm³/mol. The fraction of sp³-hybridized carbons (Fsp3) is 0.150. The first-order chi connectivity index (χ1) is 13.6. The van der Waals surface area contributed by atoms with Crippen molar-refractivity contribution in [3.63, 3.8) is 0 Å². The summed E-state index contributed by atoms with van der Waals surface area (Å²) < 4.78 is 0. The molecule has 0 unspecified atom stereocenters. The van der Waals surface area contributed by atoms with Gasteiger partial charge in [-0.3, -0.25) is 9.59 Å². The second kappa shape index (κ2) is 7.77. The van der Waals surface area contributed by atoms with Gasteiger partial charge in [0.1, 0.15) is 5.52 Å². The highest BCUT2D eigenvalue weighted by Crippen LogP contribution is 2.23. The van der Waals surface area contributed by atoms with Gasteiger partial charge >= 0.3 is 0 Å². The first-order valence-electron chi connectivity index (χ1n) is 8.81. The maximum atomic E-state index is 12.4. The first-order valence-corrected chi connectivity index (χ1v) is 9.79. The van der Waals surface area contributed by atoms with E-state index in [1.54, 1.807) is 31.2 Å². The zero-order valence-corrected chi connectivity index (χ0v) is 15.9. The minimum absolute atomic E-state index is 0.0429. The standard InChI is InChI=1S/C20H17N5O2S/c1-2-17(27)21-13-9-7-12(8-10-13)16(26)11-28-20-23-19-18(24-25-20)14-5-3-4-6-15(14)22-19/h3-10H,2,11H2,1H3,(H,21,27)(H,22,23,25). The summed E-state index contributed by atoms with van der Waals surface area (Å²) in [6.45, 7) is 1.79. The molecule has 0 spiro atoms. The molecule has 7 nitrogen and oxygen atoms in total. The van der Waals surface area contributed by atoms with Gasteiger partial charge in [-0.25, -0.2) is 4.98 Å². The molecule has 0 bridgehead atoms. The number of rotatable bonds is 6. The zero-order valence-electron chi connectivity index (χ0n) is 15.1. The second-order valence-corrected chi connectivity index (χ2v) is 7.10. The van der Waals surface area contributed by atoms with E-state index in [9.17, 15) is 9.59 Å². The average molecular weight is 391 g/mol. The van der Waals surface area contributed by atoms with E-state index in [2.05, 4.69) is 25.5 Å². The summed E-state index contributed by atoms with van der Waals surface area (Å²) in [5, 5.41) is 12.6. The third-order valence-corrected chi connectivity index (χ3v) is 5.08. The van der Waals surface area contributed by atoms with Crippen molar-refractivity contribution in [1.29, 1.82) is 0 Å². The number of aromatic amines is 1. The Morgan fingerprint density at radius 1 is 1.07 bits per heavy atom. The van der Waals surface area contributed by atoms with Crippen LogP contribution in [0, 0.1) is 0 Å². The Hall–Kier alpha value is -3.26.